The molecule has 1 atom stereocenters. The van der Waals surface area contributed by atoms with Crippen molar-refractivity contribution in [3.05, 3.63) is 0 Å². The molecule has 2 fully saturated rings. The molecule has 1 N–H and O–H groups in total. The van der Waals surface area contributed by atoms with E-state index in [1.807, 2.05) is 20.8 Å². The van der Waals surface area contributed by atoms with Crippen LogP contribution in [0.3, 0.4) is 0 Å². The van der Waals surface area contributed by atoms with Crippen LogP contribution in [0.25, 0.3) is 0 Å². The Morgan fingerprint density at radius 3 is 2.50 bits per heavy atom. The Hall–Kier alpha value is -1.06. The van der Waals surface area contributed by atoms with E-state index in [0.29, 0.717) is 6.54 Å². The number of hydrogen-bond acceptors (Lipinski definition) is 2. The number of likely N-dealkylation sites (N-methyl/N-ethyl adjacent to an activating group) is 1. The van der Waals surface area contributed by atoms with Crippen molar-refractivity contribution in [2.75, 3.05) is 6.54 Å². The molecule has 2 rings (SSSR count). The number of carbonyl (C=O) groups is 2. The second-order valence-electron chi connectivity index (χ2n) is 5.82. The number of amides is 2. The zero-order valence-corrected chi connectivity index (χ0v) is 11.7. The first-order valence-corrected chi connectivity index (χ1v) is 7.15. The van der Waals surface area contributed by atoms with Crippen LogP contribution in [0.1, 0.15) is 52.9 Å². The van der Waals surface area contributed by atoms with Crippen LogP contribution in [-0.4, -0.2) is 35.3 Å². The van der Waals surface area contributed by atoms with Crippen LogP contribution in [0, 0.1) is 5.41 Å². The van der Waals surface area contributed by atoms with Gasteiger partial charge < -0.3 is 10.2 Å². The van der Waals surface area contributed by atoms with Crippen molar-refractivity contribution < 1.29 is 9.59 Å². The number of hydrogen-bond donors (Lipinski definition) is 1. The first kappa shape index (κ1) is 13.4. The van der Waals surface area contributed by atoms with E-state index < -0.39 is 0 Å². The van der Waals surface area contributed by atoms with Gasteiger partial charge in [-0.15, -0.1) is 0 Å². The Kier molecular flexibility index (Phi) is 3.64. The van der Waals surface area contributed by atoms with E-state index in [4.69, 9.17) is 0 Å². The van der Waals surface area contributed by atoms with E-state index in [2.05, 4.69) is 5.32 Å². The number of nitrogens with zero attached hydrogens (tertiary/aromatic N) is 1. The van der Waals surface area contributed by atoms with E-state index >= 15 is 0 Å². The molecule has 2 amide bonds. The lowest BCUT2D eigenvalue weighted by atomic mass is 9.61. The number of rotatable bonds is 3. The maximum absolute atomic E-state index is 12.4. The molecule has 0 aromatic carbocycles. The quantitative estimate of drug-likeness (QED) is 0.777. The molecule has 0 aromatic heterocycles. The number of nitrogens with one attached hydrogen (secondary N) is 1. The fourth-order valence-electron chi connectivity index (χ4n) is 3.54. The molecule has 4 nitrogen and oxygen atoms in total. The SMILES string of the molecule is CCNC(=O)C1N(C(C)C)C(=O)C12CCCCC2. The molecule has 1 saturated heterocycles. The predicted molar refractivity (Wildman–Crippen MR) is 70.0 cm³/mol. The van der Waals surface area contributed by atoms with Crippen LogP contribution in [0.15, 0.2) is 0 Å². The first-order valence-electron chi connectivity index (χ1n) is 7.15. The number of carbonyl (C=O) groups excluding carboxylic acids is 2. The van der Waals surface area contributed by atoms with Gasteiger partial charge in [0.25, 0.3) is 0 Å². The van der Waals surface area contributed by atoms with Crippen molar-refractivity contribution in [1.82, 2.24) is 10.2 Å². The lowest BCUT2D eigenvalue weighted by Crippen LogP contribution is -2.75. The summed E-state index contributed by atoms with van der Waals surface area (Å²) in [6.45, 7) is 6.52. The summed E-state index contributed by atoms with van der Waals surface area (Å²) in [6.07, 6.45) is 5.12. The molecule has 0 aromatic rings. The molecule has 0 radical (unpaired) electrons. The molecule has 4 heteroatoms. The summed E-state index contributed by atoms with van der Waals surface area (Å²) >= 11 is 0. The molecule has 102 valence electrons. The Labute approximate surface area is 109 Å². The highest BCUT2D eigenvalue weighted by Crippen LogP contribution is 2.50. The van der Waals surface area contributed by atoms with Crippen molar-refractivity contribution in [3.63, 3.8) is 0 Å². The van der Waals surface area contributed by atoms with Gasteiger partial charge in [0.15, 0.2) is 0 Å². The molecule has 18 heavy (non-hydrogen) atoms. The molecule has 1 aliphatic heterocycles. The van der Waals surface area contributed by atoms with Gasteiger partial charge in [-0.25, -0.2) is 0 Å². The summed E-state index contributed by atoms with van der Waals surface area (Å²) in [5, 5.41) is 2.89. The summed E-state index contributed by atoms with van der Waals surface area (Å²) in [5.74, 6) is 0.237. The van der Waals surface area contributed by atoms with E-state index in [0.717, 1.165) is 25.7 Å². The number of β-lactam (4-membered cyclic amide) rings is 1. The average molecular weight is 252 g/mol. The second-order valence-corrected chi connectivity index (χ2v) is 5.82. The van der Waals surface area contributed by atoms with Gasteiger partial charge in [-0.1, -0.05) is 19.3 Å². The standard InChI is InChI=1S/C14H24N2O2/c1-4-15-12(17)11-14(8-6-5-7-9-14)13(18)16(11)10(2)3/h10-11H,4-9H2,1-3H3,(H,15,17). The van der Waals surface area contributed by atoms with E-state index in [1.54, 1.807) is 4.90 Å². The minimum atomic E-state index is -0.373. The van der Waals surface area contributed by atoms with Gasteiger partial charge in [-0.3, -0.25) is 9.59 Å². The zero-order valence-electron chi connectivity index (χ0n) is 11.7. The maximum atomic E-state index is 12.4. The molecular formula is C14H24N2O2. The van der Waals surface area contributed by atoms with Crippen LogP contribution in [-0.2, 0) is 9.59 Å². The van der Waals surface area contributed by atoms with Gasteiger partial charge in [-0.2, -0.15) is 0 Å². The van der Waals surface area contributed by atoms with Crippen molar-refractivity contribution in [3.8, 4) is 0 Å². The molecule has 0 bridgehead atoms. The Morgan fingerprint density at radius 1 is 1.39 bits per heavy atom. The zero-order chi connectivity index (χ0) is 13.3. The highest BCUT2D eigenvalue weighted by Gasteiger charge is 2.63. The molecule has 2 aliphatic rings. The molecule has 1 spiro atoms. The van der Waals surface area contributed by atoms with Gasteiger partial charge in [-0.05, 0) is 33.6 Å². The van der Waals surface area contributed by atoms with Crippen molar-refractivity contribution in [2.24, 2.45) is 5.41 Å². The molecular weight excluding hydrogens is 228 g/mol. The fraction of sp³-hybridized carbons (Fsp3) is 0.857. The van der Waals surface area contributed by atoms with Gasteiger partial charge in [0.1, 0.15) is 6.04 Å². The smallest absolute Gasteiger partial charge is 0.243 e. The Balaban J connectivity index is 2.23. The van der Waals surface area contributed by atoms with Crippen LogP contribution >= 0.6 is 0 Å². The van der Waals surface area contributed by atoms with Gasteiger partial charge >= 0.3 is 0 Å². The van der Waals surface area contributed by atoms with Crippen LogP contribution in [0.4, 0.5) is 0 Å². The summed E-state index contributed by atoms with van der Waals surface area (Å²) < 4.78 is 0. The Bertz CT molecular complexity index is 346. The van der Waals surface area contributed by atoms with E-state index in [9.17, 15) is 9.59 Å². The summed E-state index contributed by atoms with van der Waals surface area (Å²) in [7, 11) is 0. The minimum absolute atomic E-state index is 0.0349. The van der Waals surface area contributed by atoms with E-state index in [-0.39, 0.29) is 29.3 Å². The number of likely N-dealkylation sites (tertiary alicyclic amines) is 1. The monoisotopic (exact) mass is 252 g/mol. The molecule has 1 unspecified atom stereocenters. The highest BCUT2D eigenvalue weighted by molar-refractivity contribution is 6.02. The van der Waals surface area contributed by atoms with Gasteiger partial charge in [0.2, 0.25) is 11.8 Å². The van der Waals surface area contributed by atoms with E-state index in [1.165, 1.54) is 6.42 Å². The third-order valence-corrected chi connectivity index (χ3v) is 4.36. The largest absolute Gasteiger partial charge is 0.355 e. The third-order valence-electron chi connectivity index (χ3n) is 4.36. The molecule has 1 aliphatic carbocycles. The van der Waals surface area contributed by atoms with Crippen LogP contribution in [0.2, 0.25) is 0 Å². The van der Waals surface area contributed by atoms with Crippen LogP contribution in [0.5, 0.6) is 0 Å². The summed E-state index contributed by atoms with van der Waals surface area (Å²) in [4.78, 5) is 26.5. The summed E-state index contributed by atoms with van der Waals surface area (Å²) in [5.41, 5.74) is -0.373. The van der Waals surface area contributed by atoms with Gasteiger partial charge in [0, 0.05) is 12.6 Å². The minimum Gasteiger partial charge on any atom is -0.355 e. The normalized spacial score (nSPS) is 26.3. The molecule has 1 heterocycles. The lowest BCUT2D eigenvalue weighted by Gasteiger charge is -2.58. The second kappa shape index (κ2) is 4.90. The Morgan fingerprint density at radius 2 is 2.00 bits per heavy atom. The van der Waals surface area contributed by atoms with Crippen molar-refractivity contribution in [2.45, 2.75) is 65.0 Å². The third kappa shape index (κ3) is 1.82. The summed E-state index contributed by atoms with van der Waals surface area (Å²) in [6, 6.07) is -0.122. The van der Waals surface area contributed by atoms with Crippen molar-refractivity contribution in [1.29, 1.82) is 0 Å². The first-order chi connectivity index (χ1) is 8.54. The average Bonchev–Trinajstić information content (AvgIpc) is 2.35. The van der Waals surface area contributed by atoms with Gasteiger partial charge in [0.05, 0.1) is 5.41 Å². The molecule has 1 saturated carbocycles. The fourth-order valence-corrected chi connectivity index (χ4v) is 3.54. The predicted octanol–water partition coefficient (Wildman–Crippen LogP) is 1.69. The topological polar surface area (TPSA) is 49.4 Å². The lowest BCUT2D eigenvalue weighted by molar-refractivity contribution is -0.185. The van der Waals surface area contributed by atoms with Crippen molar-refractivity contribution >= 4 is 11.8 Å². The maximum Gasteiger partial charge on any atom is 0.243 e. The van der Waals surface area contributed by atoms with Crippen LogP contribution < -0.4 is 5.32 Å². The highest BCUT2D eigenvalue weighted by atomic mass is 16.2.